The normalized spacial score (nSPS) is 12.8. The van der Waals surface area contributed by atoms with Gasteiger partial charge in [0, 0.05) is 31.5 Å². The molecule has 1 aliphatic heterocycles. The number of hydrogen-bond donors (Lipinski definition) is 0. The summed E-state index contributed by atoms with van der Waals surface area (Å²) >= 11 is 6.07. The predicted molar refractivity (Wildman–Crippen MR) is 124 cm³/mol. The Morgan fingerprint density at radius 3 is 2.66 bits per heavy atom. The van der Waals surface area contributed by atoms with Crippen molar-refractivity contribution in [2.45, 2.75) is 65.5 Å². The van der Waals surface area contributed by atoms with Gasteiger partial charge in [-0.3, -0.25) is 13.9 Å². The van der Waals surface area contributed by atoms with Crippen molar-refractivity contribution >= 4 is 22.6 Å². The summed E-state index contributed by atoms with van der Waals surface area (Å²) in [5, 5.41) is 4.41. The van der Waals surface area contributed by atoms with Crippen LogP contribution in [0.3, 0.4) is 0 Å². The molecule has 0 spiro atoms. The lowest BCUT2D eigenvalue weighted by Gasteiger charge is -2.13. The molecule has 0 radical (unpaired) electrons. The second kappa shape index (κ2) is 9.65. The molecular formula is C23H26ClN5O3. The fraction of sp³-hybridized carbons (Fsp3) is 0.435. The molecule has 0 amide bonds. The van der Waals surface area contributed by atoms with Crippen LogP contribution in [0.2, 0.25) is 0 Å². The zero-order chi connectivity index (χ0) is 22.7. The summed E-state index contributed by atoms with van der Waals surface area (Å²) in [6.07, 6.45) is 4.03. The van der Waals surface area contributed by atoms with Crippen LogP contribution < -0.4 is 11.2 Å². The first-order valence-electron chi connectivity index (χ1n) is 11.0. The molecule has 1 aliphatic rings. The van der Waals surface area contributed by atoms with Gasteiger partial charge in [0.05, 0.1) is 5.56 Å². The highest BCUT2D eigenvalue weighted by Crippen LogP contribution is 2.24. The number of aromatic nitrogens is 4. The third kappa shape index (κ3) is 4.46. The molecule has 3 aromatic rings. The first-order valence-corrected chi connectivity index (χ1v) is 11.4. The van der Waals surface area contributed by atoms with Gasteiger partial charge in [-0.1, -0.05) is 48.3 Å². The van der Waals surface area contributed by atoms with Gasteiger partial charge in [-0.05, 0) is 37.8 Å². The van der Waals surface area contributed by atoms with E-state index in [1.54, 1.807) is 4.57 Å². The topological polar surface area (TPSA) is 95.3 Å². The minimum Gasteiger partial charge on any atom is -0.334 e. The summed E-state index contributed by atoms with van der Waals surface area (Å²) < 4.78 is 8.30. The summed E-state index contributed by atoms with van der Waals surface area (Å²) in [7, 11) is 0. The molecule has 0 saturated carbocycles. The van der Waals surface area contributed by atoms with Gasteiger partial charge in [-0.15, -0.1) is 0 Å². The van der Waals surface area contributed by atoms with E-state index in [9.17, 15) is 9.59 Å². The van der Waals surface area contributed by atoms with Gasteiger partial charge >= 0.3 is 5.69 Å². The maximum Gasteiger partial charge on any atom is 0.332 e. The maximum absolute atomic E-state index is 13.0. The smallest absolute Gasteiger partial charge is 0.332 e. The molecule has 168 valence electrons. The largest absolute Gasteiger partial charge is 0.334 e. The second-order valence-corrected chi connectivity index (χ2v) is 8.44. The van der Waals surface area contributed by atoms with E-state index >= 15 is 0 Å². The molecule has 9 heteroatoms. The Morgan fingerprint density at radius 1 is 1.09 bits per heavy atom. The molecule has 2 aromatic heterocycles. The molecule has 32 heavy (non-hydrogen) atoms. The van der Waals surface area contributed by atoms with E-state index < -0.39 is 0 Å². The van der Waals surface area contributed by atoms with Crippen molar-refractivity contribution in [2.75, 3.05) is 0 Å². The third-order valence-electron chi connectivity index (χ3n) is 5.65. The molecular weight excluding hydrogens is 430 g/mol. The molecule has 4 rings (SSSR count). The monoisotopic (exact) mass is 455 g/mol. The van der Waals surface area contributed by atoms with Crippen LogP contribution in [-0.4, -0.2) is 24.4 Å². The Morgan fingerprint density at radius 2 is 1.88 bits per heavy atom. The molecule has 0 fully saturated rings. The van der Waals surface area contributed by atoms with E-state index in [4.69, 9.17) is 16.1 Å². The lowest BCUT2D eigenvalue weighted by molar-refractivity contribution is 0.420. The first kappa shape index (κ1) is 22.2. The number of halogens is 1. The van der Waals surface area contributed by atoms with Crippen molar-refractivity contribution in [2.24, 2.45) is 4.99 Å². The summed E-state index contributed by atoms with van der Waals surface area (Å²) in [6.45, 7) is 4.91. The number of unbranched alkanes of at least 4 members (excludes halogenated alkanes) is 2. The van der Waals surface area contributed by atoms with Gasteiger partial charge < -0.3 is 4.52 Å². The number of aliphatic imine (C=N–C) groups is 1. The Hall–Kier alpha value is -3.00. The molecule has 0 unspecified atom stereocenters. The minimum absolute atomic E-state index is 0.284. The van der Waals surface area contributed by atoms with Crippen molar-refractivity contribution < 1.29 is 4.52 Å². The average Bonchev–Trinajstić information content (AvgIpc) is 3.40. The van der Waals surface area contributed by atoms with Gasteiger partial charge in [-0.2, -0.15) is 4.98 Å². The Balaban J connectivity index is 1.44. The fourth-order valence-corrected chi connectivity index (χ4v) is 4.09. The molecule has 0 N–H and O–H groups in total. The van der Waals surface area contributed by atoms with Crippen LogP contribution in [0.5, 0.6) is 0 Å². The van der Waals surface area contributed by atoms with E-state index in [-0.39, 0.29) is 17.7 Å². The average molecular weight is 456 g/mol. The van der Waals surface area contributed by atoms with Crippen molar-refractivity contribution in [3.63, 3.8) is 0 Å². The number of nitrogens with zero attached hydrogens (tertiary/aromatic N) is 5. The van der Waals surface area contributed by atoms with Crippen LogP contribution in [0.25, 0.3) is 11.5 Å². The van der Waals surface area contributed by atoms with Crippen molar-refractivity contribution in [3.05, 3.63) is 62.1 Å². The number of aryl methyl sites for hydroxylation is 2. The van der Waals surface area contributed by atoms with Crippen LogP contribution in [0.15, 0.2) is 43.4 Å². The quantitative estimate of drug-likeness (QED) is 0.454. The Bertz CT molecular complexity index is 1270. The van der Waals surface area contributed by atoms with Crippen molar-refractivity contribution in [1.29, 1.82) is 0 Å². The number of hydrogen-bond acceptors (Lipinski definition) is 6. The van der Waals surface area contributed by atoms with Crippen LogP contribution >= 0.6 is 11.6 Å². The van der Waals surface area contributed by atoms with Gasteiger partial charge in [-0.25, -0.2) is 9.79 Å². The van der Waals surface area contributed by atoms with Gasteiger partial charge in [0.2, 0.25) is 0 Å². The van der Waals surface area contributed by atoms with Crippen LogP contribution in [0, 0.1) is 6.92 Å². The lowest BCUT2D eigenvalue weighted by Crippen LogP contribution is -2.41. The predicted octanol–water partition coefficient (Wildman–Crippen LogP) is 4.02. The first-order chi connectivity index (χ1) is 15.5. The highest BCUT2D eigenvalue weighted by molar-refractivity contribution is 6.66. The van der Waals surface area contributed by atoms with E-state index in [0.29, 0.717) is 54.2 Å². The van der Waals surface area contributed by atoms with Crippen LogP contribution in [0.4, 0.5) is 5.82 Å². The molecule has 0 aliphatic carbocycles. The summed E-state index contributed by atoms with van der Waals surface area (Å²) in [5.74, 6) is 1.54. The second-order valence-electron chi connectivity index (χ2n) is 8.00. The zero-order valence-electron chi connectivity index (χ0n) is 18.3. The highest BCUT2D eigenvalue weighted by Gasteiger charge is 2.24. The summed E-state index contributed by atoms with van der Waals surface area (Å²) in [6, 6.07) is 7.85. The zero-order valence-corrected chi connectivity index (χ0v) is 19.1. The third-order valence-corrected chi connectivity index (χ3v) is 5.87. The van der Waals surface area contributed by atoms with E-state index in [0.717, 1.165) is 30.4 Å². The van der Waals surface area contributed by atoms with Crippen molar-refractivity contribution in [1.82, 2.24) is 19.3 Å². The summed E-state index contributed by atoms with van der Waals surface area (Å²) in [5.41, 5.74) is 1.88. The molecule has 0 atom stereocenters. The summed E-state index contributed by atoms with van der Waals surface area (Å²) in [4.78, 5) is 34.6. The molecule has 0 saturated heterocycles. The van der Waals surface area contributed by atoms with Gasteiger partial charge in [0.15, 0.2) is 5.82 Å². The van der Waals surface area contributed by atoms with Crippen LogP contribution in [-0.2, 0) is 25.9 Å². The molecule has 0 bridgehead atoms. The van der Waals surface area contributed by atoms with E-state index in [2.05, 4.69) is 22.1 Å². The van der Waals surface area contributed by atoms with Crippen molar-refractivity contribution in [3.8, 4) is 11.5 Å². The minimum atomic E-state index is -0.321. The number of rotatable bonds is 9. The van der Waals surface area contributed by atoms with Crippen LogP contribution in [0.1, 0.15) is 49.6 Å². The Kier molecular flexibility index (Phi) is 6.69. The lowest BCUT2D eigenvalue weighted by atomic mass is 10.1. The number of fused-ring (bicyclic) bond motifs is 1. The maximum atomic E-state index is 13.0. The molecule has 1 aromatic carbocycles. The fourth-order valence-electron chi connectivity index (χ4n) is 3.87. The molecule has 8 nitrogen and oxygen atoms in total. The molecule has 3 heterocycles. The van der Waals surface area contributed by atoms with Gasteiger partial charge in [0.1, 0.15) is 11.0 Å². The van der Waals surface area contributed by atoms with Gasteiger partial charge in [0.25, 0.3) is 11.4 Å². The number of benzene rings is 1. The standard InChI is InChI=1S/C23H26ClN5O3/c1-3-4-12-28-20-17(14-18(24)25-20)22(30)29(23(28)31)13-8-7-11-19-26-21(32-27-19)16-10-6-5-9-15(16)2/h5-6,9-10H,3-4,7-8,11-14H2,1-2H3. The SMILES string of the molecule is CCCCn1c2c(c(=O)n(CCCCc3noc(-c4ccccc4C)n3)c1=O)CC(Cl)=N2. The van der Waals surface area contributed by atoms with E-state index in [1.807, 2.05) is 31.2 Å². The highest BCUT2D eigenvalue weighted by atomic mass is 35.5. The Labute approximate surface area is 190 Å². The van der Waals surface area contributed by atoms with E-state index in [1.165, 1.54) is 4.57 Å².